The standard InChI is InChI=1S/C30H30Cl2Ge2O4/c31-33(23-35-27-13-5-1-6-14-27,24-36-28-15-7-2-8-16-28)21-22-34(32,25-37-29-17-9-3-10-18-29)26-38-30-19-11-4-12-20-30/h1-22H,23-26H2. The number of halogens is 2. The Kier molecular flexibility index (Phi) is 10.9. The number of hydrogen-bond donors (Lipinski definition) is 0. The van der Waals surface area contributed by atoms with E-state index in [1.165, 1.54) is 0 Å². The van der Waals surface area contributed by atoms with Crippen molar-refractivity contribution in [1.82, 2.24) is 0 Å². The van der Waals surface area contributed by atoms with E-state index in [9.17, 15) is 0 Å². The first-order chi connectivity index (χ1) is 18.5. The zero-order valence-electron chi connectivity index (χ0n) is 20.9. The molecule has 0 aromatic heterocycles. The summed E-state index contributed by atoms with van der Waals surface area (Å²) in [6.07, 6.45) is 0. The van der Waals surface area contributed by atoms with E-state index in [1.54, 1.807) is 0 Å². The van der Waals surface area contributed by atoms with Crippen molar-refractivity contribution in [3.8, 4) is 23.0 Å². The molecule has 0 aliphatic heterocycles. The maximum atomic E-state index is 7.32. The van der Waals surface area contributed by atoms with Gasteiger partial charge in [-0.1, -0.05) is 0 Å². The Morgan fingerprint density at radius 3 is 0.816 bits per heavy atom. The van der Waals surface area contributed by atoms with Gasteiger partial charge in [0.1, 0.15) is 0 Å². The monoisotopic (exact) mass is 672 g/mol. The SMILES string of the molecule is [Cl][Ge]([CH]=[CH][Ge]([Cl])([CH2]Oc1ccccc1)[CH2]Oc1ccccc1)([CH2]Oc1ccccc1)[CH2]Oc1ccccc1. The summed E-state index contributed by atoms with van der Waals surface area (Å²) in [4.78, 5) is 4.17. The zero-order chi connectivity index (χ0) is 26.5. The first kappa shape index (κ1) is 28.5. The van der Waals surface area contributed by atoms with Crippen LogP contribution < -0.4 is 18.9 Å². The van der Waals surface area contributed by atoms with Crippen molar-refractivity contribution in [1.29, 1.82) is 0 Å². The van der Waals surface area contributed by atoms with Crippen LogP contribution in [0.15, 0.2) is 131 Å². The fourth-order valence-corrected chi connectivity index (χ4v) is 20.3. The van der Waals surface area contributed by atoms with Gasteiger partial charge in [0.05, 0.1) is 0 Å². The predicted molar refractivity (Wildman–Crippen MR) is 160 cm³/mol. The zero-order valence-corrected chi connectivity index (χ0v) is 26.6. The van der Waals surface area contributed by atoms with Gasteiger partial charge in [0, 0.05) is 0 Å². The minimum absolute atomic E-state index is 0.378. The van der Waals surface area contributed by atoms with E-state index in [1.807, 2.05) is 121 Å². The first-order valence-corrected chi connectivity index (χ1v) is 26.2. The number of ether oxygens (including phenoxy) is 4. The molecule has 0 radical (unpaired) electrons. The van der Waals surface area contributed by atoms with Crippen LogP contribution in [0.1, 0.15) is 0 Å². The molecule has 0 aliphatic carbocycles. The molecule has 196 valence electrons. The molecule has 4 nitrogen and oxygen atoms in total. The number of rotatable bonds is 14. The molecule has 0 saturated carbocycles. The van der Waals surface area contributed by atoms with Crippen molar-refractivity contribution >= 4 is 44.7 Å². The second-order valence-electron chi connectivity index (χ2n) is 8.81. The molecule has 4 aromatic rings. The van der Waals surface area contributed by atoms with Crippen LogP contribution in [0.3, 0.4) is 0 Å². The second kappa shape index (κ2) is 14.6. The van der Waals surface area contributed by atoms with Crippen molar-refractivity contribution in [3.63, 3.8) is 0 Å². The van der Waals surface area contributed by atoms with Crippen LogP contribution in [0.5, 0.6) is 23.0 Å². The Balaban J connectivity index is 1.53. The summed E-state index contributed by atoms with van der Waals surface area (Å²) in [7, 11) is 14.6. The van der Waals surface area contributed by atoms with Crippen LogP contribution >= 0.6 is 20.0 Å². The molecule has 0 fully saturated rings. The van der Waals surface area contributed by atoms with Gasteiger partial charge in [-0.3, -0.25) is 0 Å². The summed E-state index contributed by atoms with van der Waals surface area (Å²) in [5, 5.41) is 0. The Morgan fingerprint density at radius 1 is 0.395 bits per heavy atom. The van der Waals surface area contributed by atoms with Crippen LogP contribution in [-0.4, -0.2) is 46.4 Å². The predicted octanol–water partition coefficient (Wildman–Crippen LogP) is 7.46. The van der Waals surface area contributed by atoms with Gasteiger partial charge in [-0.05, 0) is 0 Å². The Morgan fingerprint density at radius 2 is 0.605 bits per heavy atom. The van der Waals surface area contributed by atoms with Gasteiger partial charge >= 0.3 is 240 Å². The van der Waals surface area contributed by atoms with Gasteiger partial charge in [-0.25, -0.2) is 0 Å². The van der Waals surface area contributed by atoms with E-state index in [2.05, 4.69) is 9.82 Å². The van der Waals surface area contributed by atoms with Crippen molar-refractivity contribution in [3.05, 3.63) is 131 Å². The molecule has 38 heavy (non-hydrogen) atoms. The van der Waals surface area contributed by atoms with Crippen molar-refractivity contribution in [2.75, 3.05) is 21.8 Å². The molecular formula is C30H30Cl2Ge2O4. The van der Waals surface area contributed by atoms with Crippen LogP contribution in [0.4, 0.5) is 0 Å². The third-order valence-corrected chi connectivity index (χ3v) is 19.1. The topological polar surface area (TPSA) is 36.9 Å². The first-order valence-electron chi connectivity index (χ1n) is 12.3. The van der Waals surface area contributed by atoms with Crippen molar-refractivity contribution in [2.45, 2.75) is 0 Å². The average Bonchev–Trinajstić information content (AvgIpc) is 2.98. The van der Waals surface area contributed by atoms with Gasteiger partial charge in [0.15, 0.2) is 0 Å². The molecule has 0 amide bonds. The third kappa shape index (κ3) is 9.66. The molecule has 0 saturated heterocycles. The number of benzene rings is 4. The van der Waals surface area contributed by atoms with E-state index < -0.39 is 24.7 Å². The molecule has 0 aliphatic rings. The van der Waals surface area contributed by atoms with Crippen LogP contribution in [0.25, 0.3) is 0 Å². The fourth-order valence-electron chi connectivity index (χ4n) is 3.45. The molecule has 0 spiro atoms. The molecule has 8 heteroatoms. The van der Waals surface area contributed by atoms with E-state index in [0.717, 1.165) is 23.0 Å². The molecule has 0 N–H and O–H groups in total. The molecule has 0 unspecified atom stereocenters. The molecule has 4 rings (SSSR count). The maximum absolute atomic E-state index is 7.32. The molecule has 4 aromatic carbocycles. The Hall–Kier alpha value is -2.51. The normalized spacial score (nSPS) is 11.7. The summed E-state index contributed by atoms with van der Waals surface area (Å²) in [6.45, 7) is 0. The summed E-state index contributed by atoms with van der Waals surface area (Å²) >= 11 is -6.72. The van der Waals surface area contributed by atoms with Crippen molar-refractivity contribution < 1.29 is 18.9 Å². The van der Waals surface area contributed by atoms with Gasteiger partial charge in [-0.15, -0.1) is 0 Å². The second-order valence-corrected chi connectivity index (χ2v) is 29.1. The Bertz CT molecular complexity index is 1060. The van der Waals surface area contributed by atoms with E-state index >= 15 is 0 Å². The third-order valence-electron chi connectivity index (χ3n) is 5.57. The van der Waals surface area contributed by atoms with E-state index in [-0.39, 0.29) is 0 Å². The molecule has 0 atom stereocenters. The average molecular weight is 671 g/mol. The fraction of sp³-hybridized carbons (Fsp3) is 0.133. The Labute approximate surface area is 238 Å². The quantitative estimate of drug-likeness (QED) is 0.131. The van der Waals surface area contributed by atoms with Crippen LogP contribution in [0.2, 0.25) is 0 Å². The van der Waals surface area contributed by atoms with E-state index in [4.69, 9.17) is 39.0 Å². The molecule has 0 heterocycles. The summed E-state index contributed by atoms with van der Waals surface area (Å²) in [6, 6.07) is 38.7. The minimum atomic E-state index is -3.36. The van der Waals surface area contributed by atoms with Gasteiger partial charge in [0.2, 0.25) is 0 Å². The summed E-state index contributed by atoms with van der Waals surface area (Å²) < 4.78 is 24.5. The van der Waals surface area contributed by atoms with Crippen molar-refractivity contribution in [2.24, 2.45) is 0 Å². The van der Waals surface area contributed by atoms with Gasteiger partial charge < -0.3 is 0 Å². The van der Waals surface area contributed by atoms with Gasteiger partial charge in [0.25, 0.3) is 0 Å². The van der Waals surface area contributed by atoms with E-state index in [0.29, 0.717) is 21.8 Å². The van der Waals surface area contributed by atoms with Gasteiger partial charge in [-0.2, -0.15) is 0 Å². The summed E-state index contributed by atoms with van der Waals surface area (Å²) in [5.74, 6) is 3.09. The molecule has 0 bridgehead atoms. The van der Waals surface area contributed by atoms with Crippen LogP contribution in [0, 0.1) is 0 Å². The van der Waals surface area contributed by atoms with Crippen LogP contribution in [-0.2, 0) is 0 Å². The molecular weight excluding hydrogens is 640 g/mol. The number of hydrogen-bond acceptors (Lipinski definition) is 4. The number of para-hydroxylation sites is 4. The summed E-state index contributed by atoms with van der Waals surface area (Å²) in [5.41, 5.74) is 1.51.